The number of nitrogens with zero attached hydrogens (tertiary/aromatic N) is 7. The largest absolute Gasteiger partial charge is 0.494 e. The van der Waals surface area contributed by atoms with Gasteiger partial charge in [0, 0.05) is 24.2 Å². The summed E-state index contributed by atoms with van der Waals surface area (Å²) in [6.45, 7) is 3.11. The van der Waals surface area contributed by atoms with E-state index in [-0.39, 0.29) is 29.2 Å². The zero-order valence-corrected chi connectivity index (χ0v) is 22.0. The molecule has 0 aliphatic carbocycles. The van der Waals surface area contributed by atoms with Crippen molar-refractivity contribution in [2.45, 2.75) is 25.0 Å². The molecule has 0 spiro atoms. The van der Waals surface area contributed by atoms with Crippen molar-refractivity contribution in [2.75, 3.05) is 26.1 Å². The molecule has 0 unspecified atom stereocenters. The smallest absolute Gasteiger partial charge is 0.243 e. The Labute approximate surface area is 218 Å². The molecule has 1 N–H and O–H groups in total. The van der Waals surface area contributed by atoms with Gasteiger partial charge >= 0.3 is 0 Å². The van der Waals surface area contributed by atoms with Gasteiger partial charge in [-0.1, -0.05) is 13.0 Å². The first-order valence-electron chi connectivity index (χ1n) is 11.2. The lowest BCUT2D eigenvalue weighted by Crippen LogP contribution is -2.31. The summed E-state index contributed by atoms with van der Waals surface area (Å²) in [5.41, 5.74) is 0.568. The van der Waals surface area contributed by atoms with E-state index >= 15 is 0 Å². The van der Waals surface area contributed by atoms with Crippen LogP contribution in [0.3, 0.4) is 0 Å². The van der Waals surface area contributed by atoms with Gasteiger partial charge in [-0.15, -0.1) is 10.2 Å². The summed E-state index contributed by atoms with van der Waals surface area (Å²) in [6, 6.07) is 6.59. The first-order chi connectivity index (χ1) is 18.2. The maximum absolute atomic E-state index is 13.5. The molecule has 0 saturated carbocycles. The molecule has 15 heteroatoms. The van der Waals surface area contributed by atoms with Crippen LogP contribution in [0, 0.1) is 5.82 Å². The molecule has 2 atom stereocenters. The molecule has 38 heavy (non-hydrogen) atoms. The number of methoxy groups -OCH3 is 3. The van der Waals surface area contributed by atoms with Gasteiger partial charge in [-0.3, -0.25) is 9.29 Å². The summed E-state index contributed by atoms with van der Waals surface area (Å²) in [4.78, 5) is 16.5. The summed E-state index contributed by atoms with van der Waals surface area (Å²) in [6.07, 6.45) is 3.44. The average molecular weight is 545 g/mol. The van der Waals surface area contributed by atoms with Crippen molar-refractivity contribution in [1.82, 2.24) is 34.7 Å². The fourth-order valence-electron chi connectivity index (χ4n) is 3.58. The molecule has 0 radical (unpaired) electrons. The van der Waals surface area contributed by atoms with Crippen LogP contribution in [-0.2, 0) is 10.0 Å². The zero-order chi connectivity index (χ0) is 27.4. The van der Waals surface area contributed by atoms with E-state index in [0.29, 0.717) is 17.3 Å². The third kappa shape index (κ3) is 5.18. The van der Waals surface area contributed by atoms with Crippen molar-refractivity contribution in [2.24, 2.45) is 0 Å². The molecule has 4 rings (SSSR count). The summed E-state index contributed by atoms with van der Waals surface area (Å²) in [5.74, 6) is -0.417. The van der Waals surface area contributed by atoms with Gasteiger partial charge in [-0.25, -0.2) is 32.7 Å². The van der Waals surface area contributed by atoms with Crippen LogP contribution in [0.25, 0.3) is 17.2 Å². The molecule has 0 aromatic carbocycles. The normalized spacial score (nSPS) is 13.0. The molecule has 4 aromatic rings. The second-order valence-corrected chi connectivity index (χ2v) is 10.1. The van der Waals surface area contributed by atoms with Crippen LogP contribution >= 0.6 is 0 Å². The van der Waals surface area contributed by atoms with Crippen LogP contribution in [0.2, 0.25) is 0 Å². The summed E-state index contributed by atoms with van der Waals surface area (Å²) in [5, 5.41) is 7.27. The minimum absolute atomic E-state index is 0.120. The van der Waals surface area contributed by atoms with Crippen LogP contribution in [0.5, 0.6) is 17.5 Å². The highest BCUT2D eigenvalue weighted by Crippen LogP contribution is 2.36. The number of hydrogen-bond donors (Lipinski definition) is 1. The van der Waals surface area contributed by atoms with Crippen LogP contribution in [-0.4, -0.2) is 69.7 Å². The molecule has 0 aliphatic heterocycles. The fourth-order valence-corrected chi connectivity index (χ4v) is 4.81. The number of nitrogens with one attached hydrogen (secondary N) is 1. The second-order valence-electron chi connectivity index (χ2n) is 8.02. The predicted molar refractivity (Wildman–Crippen MR) is 134 cm³/mol. The lowest BCUT2D eigenvalue weighted by atomic mass is 10.1. The molecule has 0 aliphatic rings. The lowest BCUT2D eigenvalue weighted by molar-refractivity contribution is 0.379. The first-order valence-corrected chi connectivity index (χ1v) is 12.8. The molecular formula is C23H25FN8O5S. The molecule has 4 heterocycles. The third-order valence-electron chi connectivity index (χ3n) is 5.79. The van der Waals surface area contributed by atoms with Crippen molar-refractivity contribution in [3.05, 3.63) is 54.5 Å². The maximum Gasteiger partial charge on any atom is 0.243 e. The van der Waals surface area contributed by atoms with Crippen LogP contribution < -0.4 is 18.9 Å². The zero-order valence-electron chi connectivity index (χ0n) is 21.2. The standard InChI is InChI=1S/C23H25FN8O5S/c1-13(20-26-11-15(24)12-27-20)14(2)38(33,34)31-23-30-29-21(16-7-6-8-18(28-16)36-4)32(23)19-17(35-3)9-10-25-22(19)37-5/h6-14H,1-5H3,(H,30,31)/t13-,14-/m0/s1. The van der Waals surface area contributed by atoms with E-state index in [1.54, 1.807) is 31.2 Å². The van der Waals surface area contributed by atoms with Gasteiger partial charge in [0.2, 0.25) is 27.7 Å². The highest BCUT2D eigenvalue weighted by molar-refractivity contribution is 7.93. The van der Waals surface area contributed by atoms with Crippen LogP contribution in [0.4, 0.5) is 10.3 Å². The number of rotatable bonds is 10. The van der Waals surface area contributed by atoms with Crippen molar-refractivity contribution in [3.63, 3.8) is 0 Å². The number of pyridine rings is 2. The SMILES string of the molecule is COc1cccc(-c2nnc(NS(=O)(=O)[C@@H](C)[C@H](C)c3ncc(F)cn3)n2-c2c(OC)ccnc2OC)n1. The molecule has 4 aromatic heterocycles. The van der Waals surface area contributed by atoms with E-state index in [1.807, 2.05) is 0 Å². The van der Waals surface area contributed by atoms with E-state index in [2.05, 4.69) is 34.9 Å². The molecule has 13 nitrogen and oxygen atoms in total. The van der Waals surface area contributed by atoms with Crippen molar-refractivity contribution >= 4 is 16.0 Å². The Morgan fingerprint density at radius 1 is 0.974 bits per heavy atom. The first kappa shape index (κ1) is 26.7. The Morgan fingerprint density at radius 3 is 2.37 bits per heavy atom. The molecule has 0 fully saturated rings. The summed E-state index contributed by atoms with van der Waals surface area (Å²) < 4.78 is 60.3. The van der Waals surface area contributed by atoms with Crippen LogP contribution in [0.1, 0.15) is 25.6 Å². The number of sulfonamides is 1. The van der Waals surface area contributed by atoms with Crippen molar-refractivity contribution in [1.29, 1.82) is 0 Å². The number of aromatic nitrogens is 7. The molecule has 200 valence electrons. The maximum atomic E-state index is 13.5. The monoisotopic (exact) mass is 544 g/mol. The number of ether oxygens (including phenoxy) is 3. The van der Waals surface area contributed by atoms with Gasteiger partial charge < -0.3 is 14.2 Å². The number of anilines is 1. The highest BCUT2D eigenvalue weighted by Gasteiger charge is 2.33. The predicted octanol–water partition coefficient (Wildman–Crippen LogP) is 2.61. The van der Waals surface area contributed by atoms with E-state index in [4.69, 9.17) is 14.2 Å². The Balaban J connectivity index is 1.84. The minimum atomic E-state index is -4.12. The van der Waals surface area contributed by atoms with Crippen molar-refractivity contribution < 1.29 is 27.0 Å². The number of halogens is 1. The molecule has 0 amide bonds. The molecule has 0 saturated heterocycles. The van der Waals surface area contributed by atoms with Gasteiger partial charge in [0.1, 0.15) is 17.3 Å². The fraction of sp³-hybridized carbons (Fsp3) is 0.304. The third-order valence-corrected chi connectivity index (χ3v) is 7.64. The van der Waals surface area contributed by atoms with E-state index < -0.39 is 27.0 Å². The Bertz CT molecular complexity index is 1510. The van der Waals surface area contributed by atoms with Gasteiger partial charge in [-0.2, -0.15) is 0 Å². The van der Waals surface area contributed by atoms with Gasteiger partial charge in [-0.05, 0) is 13.0 Å². The lowest BCUT2D eigenvalue weighted by Gasteiger charge is -2.21. The Hall–Kier alpha value is -4.40. The van der Waals surface area contributed by atoms with E-state index in [1.165, 1.54) is 39.0 Å². The van der Waals surface area contributed by atoms with Gasteiger partial charge in [0.15, 0.2) is 17.3 Å². The van der Waals surface area contributed by atoms with Crippen molar-refractivity contribution in [3.8, 4) is 34.7 Å². The summed E-state index contributed by atoms with van der Waals surface area (Å²) >= 11 is 0. The van der Waals surface area contributed by atoms with E-state index in [0.717, 1.165) is 12.4 Å². The van der Waals surface area contributed by atoms with Gasteiger partial charge in [0.05, 0.1) is 39.0 Å². The minimum Gasteiger partial charge on any atom is -0.494 e. The highest BCUT2D eigenvalue weighted by atomic mass is 32.2. The van der Waals surface area contributed by atoms with E-state index in [9.17, 15) is 12.8 Å². The van der Waals surface area contributed by atoms with Gasteiger partial charge in [0.25, 0.3) is 0 Å². The summed E-state index contributed by atoms with van der Waals surface area (Å²) in [7, 11) is 0.212. The second kappa shape index (κ2) is 10.9. The van der Waals surface area contributed by atoms with Crippen LogP contribution in [0.15, 0.2) is 42.9 Å². The number of hydrogen-bond acceptors (Lipinski definition) is 11. The average Bonchev–Trinajstić information content (AvgIpc) is 3.34. The quantitative estimate of drug-likeness (QED) is 0.313. The molecular weight excluding hydrogens is 519 g/mol. The Morgan fingerprint density at radius 2 is 1.71 bits per heavy atom. The topological polar surface area (TPSA) is 156 Å². The Kier molecular flexibility index (Phi) is 7.66. The molecule has 0 bridgehead atoms.